The summed E-state index contributed by atoms with van der Waals surface area (Å²) < 4.78 is 0. The van der Waals surface area contributed by atoms with Gasteiger partial charge in [-0.25, -0.2) is 4.79 Å². The van der Waals surface area contributed by atoms with E-state index in [4.69, 9.17) is 0 Å². The molecule has 25 heavy (non-hydrogen) atoms. The average Bonchev–Trinajstić information content (AvgIpc) is 2.62. The van der Waals surface area contributed by atoms with Crippen LogP contribution in [0.25, 0.3) is 11.1 Å². The lowest BCUT2D eigenvalue weighted by Crippen LogP contribution is -2.19. The third kappa shape index (κ3) is 4.61. The molecule has 2 amide bonds. The van der Waals surface area contributed by atoms with E-state index in [9.17, 15) is 4.79 Å². The van der Waals surface area contributed by atoms with E-state index in [0.29, 0.717) is 0 Å². The number of carbonyl (C=O) groups is 1. The quantitative estimate of drug-likeness (QED) is 0.618. The van der Waals surface area contributed by atoms with E-state index < -0.39 is 0 Å². The first-order valence-corrected chi connectivity index (χ1v) is 9.12. The summed E-state index contributed by atoms with van der Waals surface area (Å²) in [6.07, 6.45) is 3.80. The van der Waals surface area contributed by atoms with Crippen molar-refractivity contribution in [3.63, 3.8) is 0 Å². The highest BCUT2D eigenvalue weighted by Crippen LogP contribution is 2.22. The van der Waals surface area contributed by atoms with Crippen LogP contribution in [-0.4, -0.2) is 17.3 Å². The minimum Gasteiger partial charge on any atom is -0.308 e. The fourth-order valence-corrected chi connectivity index (χ4v) is 2.92. The van der Waals surface area contributed by atoms with E-state index in [1.807, 2.05) is 73.8 Å². The number of anilines is 2. The van der Waals surface area contributed by atoms with Gasteiger partial charge in [-0.05, 0) is 66.8 Å². The number of thioether (sulfide) groups is 1. The highest BCUT2D eigenvalue weighted by atomic mass is 32.2. The number of amides is 2. The van der Waals surface area contributed by atoms with Gasteiger partial charge in [-0.2, -0.15) is 0 Å². The van der Waals surface area contributed by atoms with Crippen molar-refractivity contribution >= 4 is 29.2 Å². The van der Waals surface area contributed by atoms with Gasteiger partial charge in [-0.3, -0.25) is 4.98 Å². The Bertz CT molecular complexity index is 878. The van der Waals surface area contributed by atoms with Crippen molar-refractivity contribution in [3.8, 4) is 11.1 Å². The van der Waals surface area contributed by atoms with Gasteiger partial charge in [0.15, 0.2) is 0 Å². The summed E-state index contributed by atoms with van der Waals surface area (Å²) in [4.78, 5) is 17.5. The second-order valence-electron chi connectivity index (χ2n) is 5.57. The smallest absolute Gasteiger partial charge is 0.308 e. The Labute approximate surface area is 151 Å². The molecular weight excluding hydrogens is 330 g/mol. The Morgan fingerprint density at radius 3 is 2.40 bits per heavy atom. The summed E-state index contributed by atoms with van der Waals surface area (Å²) >= 11 is 1.64. The van der Waals surface area contributed by atoms with Gasteiger partial charge < -0.3 is 10.6 Å². The normalized spacial score (nSPS) is 10.3. The van der Waals surface area contributed by atoms with Gasteiger partial charge in [-0.15, -0.1) is 11.8 Å². The van der Waals surface area contributed by atoms with E-state index in [2.05, 4.69) is 15.6 Å². The molecule has 0 aliphatic carbocycles. The van der Waals surface area contributed by atoms with Crippen molar-refractivity contribution in [1.82, 2.24) is 4.98 Å². The minimum atomic E-state index is -0.259. The van der Waals surface area contributed by atoms with Crippen molar-refractivity contribution in [3.05, 3.63) is 72.6 Å². The number of pyridine rings is 1. The van der Waals surface area contributed by atoms with Crippen molar-refractivity contribution in [1.29, 1.82) is 0 Å². The second-order valence-corrected chi connectivity index (χ2v) is 6.45. The number of rotatable bonds is 4. The lowest BCUT2D eigenvalue weighted by molar-refractivity contribution is 0.262. The molecule has 2 N–H and O–H groups in total. The number of hydrogen-bond donors (Lipinski definition) is 2. The highest BCUT2D eigenvalue weighted by molar-refractivity contribution is 7.98. The third-order valence-corrected chi connectivity index (χ3v) is 4.43. The van der Waals surface area contributed by atoms with Gasteiger partial charge in [0.2, 0.25) is 0 Å². The number of benzene rings is 2. The molecule has 0 spiro atoms. The molecule has 0 unspecified atom stereocenters. The Kier molecular flexibility index (Phi) is 5.36. The minimum absolute atomic E-state index is 0.259. The van der Waals surface area contributed by atoms with Gasteiger partial charge in [0.05, 0.1) is 0 Å². The molecule has 3 rings (SSSR count). The molecule has 0 bridgehead atoms. The molecule has 1 heterocycles. The summed E-state index contributed by atoms with van der Waals surface area (Å²) in [6.45, 7) is 1.97. The van der Waals surface area contributed by atoms with Crippen molar-refractivity contribution < 1.29 is 4.79 Å². The zero-order valence-corrected chi connectivity index (χ0v) is 14.9. The van der Waals surface area contributed by atoms with Gasteiger partial charge in [-0.1, -0.05) is 18.2 Å². The van der Waals surface area contributed by atoms with Crippen LogP contribution in [-0.2, 0) is 0 Å². The van der Waals surface area contributed by atoms with Crippen LogP contribution in [0.4, 0.5) is 16.2 Å². The van der Waals surface area contributed by atoms with E-state index >= 15 is 0 Å². The summed E-state index contributed by atoms with van der Waals surface area (Å²) in [6, 6.07) is 19.2. The standard InChI is InChI=1S/C20H19N3OS/c1-14-12-16(10-11-21-14)15-6-8-17(9-7-15)22-20(24)23-18-4-3-5-19(13-18)25-2/h3-13H,1-2H3,(H2,22,23,24). The molecule has 5 heteroatoms. The van der Waals surface area contributed by atoms with Crippen LogP contribution in [0, 0.1) is 6.92 Å². The molecule has 2 aromatic carbocycles. The van der Waals surface area contributed by atoms with Gasteiger partial charge in [0, 0.05) is 28.2 Å². The molecule has 4 nitrogen and oxygen atoms in total. The Morgan fingerprint density at radius 2 is 1.68 bits per heavy atom. The largest absolute Gasteiger partial charge is 0.323 e. The number of hydrogen-bond acceptors (Lipinski definition) is 3. The zero-order chi connectivity index (χ0) is 17.6. The molecule has 0 saturated heterocycles. The van der Waals surface area contributed by atoms with E-state index in [-0.39, 0.29) is 6.03 Å². The Hall–Kier alpha value is -2.79. The molecule has 3 aromatic rings. The molecule has 0 atom stereocenters. The number of aryl methyl sites for hydroxylation is 1. The first kappa shape index (κ1) is 17.0. The monoisotopic (exact) mass is 349 g/mol. The van der Waals surface area contributed by atoms with Crippen molar-refractivity contribution in [2.24, 2.45) is 0 Å². The lowest BCUT2D eigenvalue weighted by atomic mass is 10.1. The average molecular weight is 349 g/mol. The van der Waals surface area contributed by atoms with Crippen LogP contribution in [0.1, 0.15) is 5.69 Å². The van der Waals surface area contributed by atoms with Gasteiger partial charge >= 0.3 is 6.03 Å². The number of nitrogens with zero attached hydrogens (tertiary/aromatic N) is 1. The predicted octanol–water partition coefficient (Wildman–Crippen LogP) is 5.42. The zero-order valence-electron chi connectivity index (χ0n) is 14.1. The van der Waals surface area contributed by atoms with Crippen LogP contribution in [0.5, 0.6) is 0 Å². The maximum atomic E-state index is 12.1. The summed E-state index contributed by atoms with van der Waals surface area (Å²) in [7, 11) is 0. The van der Waals surface area contributed by atoms with Crippen LogP contribution in [0.2, 0.25) is 0 Å². The molecule has 126 valence electrons. The molecule has 1 aromatic heterocycles. The van der Waals surface area contributed by atoms with Crippen molar-refractivity contribution in [2.75, 3.05) is 16.9 Å². The van der Waals surface area contributed by atoms with E-state index in [1.54, 1.807) is 18.0 Å². The Morgan fingerprint density at radius 1 is 0.920 bits per heavy atom. The fourth-order valence-electron chi connectivity index (χ4n) is 2.47. The number of urea groups is 1. The molecule has 0 aliphatic rings. The maximum absolute atomic E-state index is 12.1. The van der Waals surface area contributed by atoms with E-state index in [0.717, 1.165) is 33.1 Å². The lowest BCUT2D eigenvalue weighted by Gasteiger charge is -2.09. The van der Waals surface area contributed by atoms with Crippen LogP contribution in [0.15, 0.2) is 71.8 Å². The number of aromatic nitrogens is 1. The first-order valence-electron chi connectivity index (χ1n) is 7.89. The summed E-state index contributed by atoms with van der Waals surface area (Å²) in [5.74, 6) is 0. The summed E-state index contributed by atoms with van der Waals surface area (Å²) in [5.41, 5.74) is 4.69. The topological polar surface area (TPSA) is 54.0 Å². The number of carbonyl (C=O) groups excluding carboxylic acids is 1. The predicted molar refractivity (Wildman–Crippen MR) is 105 cm³/mol. The maximum Gasteiger partial charge on any atom is 0.323 e. The van der Waals surface area contributed by atoms with Crippen LogP contribution < -0.4 is 10.6 Å². The highest BCUT2D eigenvalue weighted by Gasteiger charge is 2.04. The molecule has 0 fully saturated rings. The molecule has 0 aliphatic heterocycles. The van der Waals surface area contributed by atoms with E-state index in [1.165, 1.54) is 0 Å². The van der Waals surface area contributed by atoms with Crippen molar-refractivity contribution in [2.45, 2.75) is 11.8 Å². The van der Waals surface area contributed by atoms with Crippen LogP contribution in [0.3, 0.4) is 0 Å². The summed E-state index contributed by atoms with van der Waals surface area (Å²) in [5, 5.41) is 5.70. The number of nitrogens with one attached hydrogen (secondary N) is 2. The second kappa shape index (κ2) is 7.85. The molecular formula is C20H19N3OS. The first-order chi connectivity index (χ1) is 12.1. The van der Waals surface area contributed by atoms with Gasteiger partial charge in [0.1, 0.15) is 0 Å². The molecule has 0 radical (unpaired) electrons. The Balaban J connectivity index is 1.65. The third-order valence-electron chi connectivity index (χ3n) is 3.70. The molecule has 0 saturated carbocycles. The van der Waals surface area contributed by atoms with Crippen LogP contribution >= 0.6 is 11.8 Å². The fraction of sp³-hybridized carbons (Fsp3) is 0.100. The van der Waals surface area contributed by atoms with Gasteiger partial charge in [0.25, 0.3) is 0 Å². The SMILES string of the molecule is CSc1cccc(NC(=O)Nc2ccc(-c3ccnc(C)c3)cc2)c1.